The molecule has 1 fully saturated rings. The smallest absolute Gasteiger partial charge is 0.224 e. The Hall–Kier alpha value is -2.08. The topological polar surface area (TPSA) is 60.4 Å². The van der Waals surface area contributed by atoms with E-state index in [1.165, 1.54) is 19.3 Å². The van der Waals surface area contributed by atoms with Gasteiger partial charge in [-0.1, -0.05) is 6.42 Å². The van der Waals surface area contributed by atoms with Crippen molar-refractivity contribution < 1.29 is 9.47 Å². The van der Waals surface area contributed by atoms with Gasteiger partial charge in [0.15, 0.2) is 11.6 Å². The monoisotopic (exact) mass is 346 g/mol. The molecule has 0 aromatic carbocycles. The molecule has 0 amide bonds. The highest BCUT2D eigenvalue weighted by Gasteiger charge is 2.23. The average molecular weight is 347 g/mol. The Balaban J connectivity index is 1.52. The third kappa shape index (κ3) is 3.24. The van der Waals surface area contributed by atoms with Crippen molar-refractivity contribution in [2.45, 2.75) is 38.2 Å². The predicted octanol–water partition coefficient (Wildman–Crippen LogP) is 3.77. The summed E-state index contributed by atoms with van der Waals surface area (Å²) < 4.78 is 11.6. The molecule has 1 saturated carbocycles. The second-order valence-electron chi connectivity index (χ2n) is 6.06. The Morgan fingerprint density at radius 3 is 2.79 bits per heavy atom. The highest BCUT2D eigenvalue weighted by atomic mass is 35.5. The molecular formula is C17H19ClN4O2. The molecule has 2 aromatic rings. The molecule has 2 aliphatic rings. The number of fused-ring (bicyclic) bond motifs is 1. The van der Waals surface area contributed by atoms with Gasteiger partial charge in [-0.05, 0) is 43.4 Å². The van der Waals surface area contributed by atoms with E-state index >= 15 is 0 Å². The Kier molecular flexibility index (Phi) is 4.38. The molecule has 0 N–H and O–H groups in total. The minimum absolute atomic E-state index is 0.203. The largest absolute Gasteiger partial charge is 0.486 e. The summed E-state index contributed by atoms with van der Waals surface area (Å²) in [5.74, 6) is 1.98. The van der Waals surface area contributed by atoms with E-state index in [9.17, 15) is 0 Å². The first kappa shape index (κ1) is 15.4. The van der Waals surface area contributed by atoms with E-state index in [1.54, 1.807) is 6.20 Å². The van der Waals surface area contributed by atoms with Gasteiger partial charge in [0.2, 0.25) is 11.2 Å². The highest BCUT2D eigenvalue weighted by molar-refractivity contribution is 6.28. The molecule has 1 aliphatic carbocycles. The number of rotatable bonds is 3. The van der Waals surface area contributed by atoms with E-state index in [-0.39, 0.29) is 5.28 Å². The van der Waals surface area contributed by atoms with Crippen molar-refractivity contribution in [1.82, 2.24) is 15.0 Å². The van der Waals surface area contributed by atoms with Gasteiger partial charge < -0.3 is 14.4 Å². The number of ether oxygens (including phenoxy) is 2. The van der Waals surface area contributed by atoms with E-state index in [0.717, 1.165) is 18.5 Å². The van der Waals surface area contributed by atoms with Crippen LogP contribution in [0.1, 0.15) is 32.1 Å². The lowest BCUT2D eigenvalue weighted by atomic mass is 9.98. The van der Waals surface area contributed by atoms with Gasteiger partial charge in [0.25, 0.3) is 0 Å². The van der Waals surface area contributed by atoms with Crippen LogP contribution in [0, 0.1) is 0 Å². The molecule has 0 saturated heterocycles. The van der Waals surface area contributed by atoms with Crippen LogP contribution in [0.4, 0.5) is 11.5 Å². The van der Waals surface area contributed by atoms with E-state index in [2.05, 4.69) is 15.0 Å². The summed E-state index contributed by atoms with van der Waals surface area (Å²) in [7, 11) is 0. The molecule has 0 radical (unpaired) electrons. The molecule has 4 rings (SSSR count). The minimum Gasteiger partial charge on any atom is -0.486 e. The Morgan fingerprint density at radius 1 is 1.12 bits per heavy atom. The van der Waals surface area contributed by atoms with Crippen molar-refractivity contribution in [2.75, 3.05) is 18.1 Å². The van der Waals surface area contributed by atoms with Gasteiger partial charge >= 0.3 is 0 Å². The maximum Gasteiger partial charge on any atom is 0.224 e. The average Bonchev–Trinajstić information content (AvgIpc) is 2.63. The van der Waals surface area contributed by atoms with Crippen LogP contribution in [0.25, 0.3) is 0 Å². The summed E-state index contributed by atoms with van der Waals surface area (Å²) in [6, 6.07) is 3.91. The van der Waals surface area contributed by atoms with Crippen molar-refractivity contribution >= 4 is 23.1 Å². The van der Waals surface area contributed by atoms with Gasteiger partial charge in [-0.15, -0.1) is 0 Å². The van der Waals surface area contributed by atoms with Crippen LogP contribution in [0.5, 0.6) is 11.6 Å². The van der Waals surface area contributed by atoms with Gasteiger partial charge in [0, 0.05) is 6.07 Å². The number of pyridine rings is 1. The van der Waals surface area contributed by atoms with Gasteiger partial charge in [-0.25, -0.2) is 9.97 Å². The molecule has 1 aliphatic heterocycles. The Bertz CT molecular complexity index is 704. The normalized spacial score (nSPS) is 18.0. The minimum atomic E-state index is 0.203. The summed E-state index contributed by atoms with van der Waals surface area (Å²) in [6.07, 6.45) is 9.75. The second-order valence-corrected chi connectivity index (χ2v) is 6.40. The van der Waals surface area contributed by atoms with Gasteiger partial charge in [0.1, 0.15) is 12.7 Å². The highest BCUT2D eigenvalue weighted by Crippen LogP contribution is 2.35. The summed E-state index contributed by atoms with van der Waals surface area (Å²) in [4.78, 5) is 14.7. The maximum absolute atomic E-state index is 5.99. The molecular weight excluding hydrogens is 328 g/mol. The van der Waals surface area contributed by atoms with E-state index in [4.69, 9.17) is 21.1 Å². The molecule has 0 bridgehead atoms. The number of anilines is 2. The SMILES string of the molecule is Clc1ncc2c(n1)N(c1ccc(OC3CCCCC3)nc1)CCO2. The molecule has 7 heteroatoms. The van der Waals surface area contributed by atoms with E-state index in [1.807, 2.05) is 23.2 Å². The number of nitrogens with zero attached hydrogens (tertiary/aromatic N) is 4. The summed E-state index contributed by atoms with van der Waals surface area (Å²) in [6.45, 7) is 1.25. The van der Waals surface area contributed by atoms with Crippen molar-refractivity contribution in [3.8, 4) is 11.6 Å². The quantitative estimate of drug-likeness (QED) is 0.788. The van der Waals surface area contributed by atoms with Crippen molar-refractivity contribution in [2.24, 2.45) is 0 Å². The predicted molar refractivity (Wildman–Crippen MR) is 91.3 cm³/mol. The van der Waals surface area contributed by atoms with Gasteiger partial charge in [-0.3, -0.25) is 0 Å². The van der Waals surface area contributed by atoms with Crippen LogP contribution in [-0.4, -0.2) is 34.2 Å². The summed E-state index contributed by atoms with van der Waals surface area (Å²) in [5.41, 5.74) is 0.935. The van der Waals surface area contributed by atoms with Crippen LogP contribution in [0.15, 0.2) is 24.5 Å². The maximum atomic E-state index is 5.99. The molecule has 0 atom stereocenters. The lowest BCUT2D eigenvalue weighted by molar-refractivity contribution is 0.148. The molecule has 24 heavy (non-hydrogen) atoms. The van der Waals surface area contributed by atoms with Crippen LogP contribution in [0.2, 0.25) is 5.28 Å². The third-order valence-electron chi connectivity index (χ3n) is 4.41. The number of aromatic nitrogens is 3. The lowest BCUT2D eigenvalue weighted by Gasteiger charge is -2.29. The standard InChI is InChI=1S/C17H19ClN4O2/c18-17-20-11-14-16(21-17)22(8-9-23-14)12-6-7-15(19-10-12)24-13-4-2-1-3-5-13/h6-7,10-11,13H,1-5,8-9H2. The summed E-state index contributed by atoms with van der Waals surface area (Å²) in [5, 5.41) is 0.203. The van der Waals surface area contributed by atoms with Crippen LogP contribution in [0.3, 0.4) is 0 Å². The number of halogens is 1. The van der Waals surface area contributed by atoms with Crippen molar-refractivity contribution in [1.29, 1.82) is 0 Å². The zero-order valence-electron chi connectivity index (χ0n) is 13.3. The fraction of sp³-hybridized carbons (Fsp3) is 0.471. The van der Waals surface area contributed by atoms with Crippen LogP contribution >= 0.6 is 11.6 Å². The third-order valence-corrected chi connectivity index (χ3v) is 4.59. The number of hydrogen-bond acceptors (Lipinski definition) is 6. The lowest BCUT2D eigenvalue weighted by Crippen LogP contribution is -2.29. The van der Waals surface area contributed by atoms with Gasteiger partial charge in [0.05, 0.1) is 24.6 Å². The molecule has 3 heterocycles. The Labute approximate surface area is 145 Å². The first-order chi connectivity index (χ1) is 11.8. The molecule has 126 valence electrons. The van der Waals surface area contributed by atoms with Gasteiger partial charge in [-0.2, -0.15) is 4.98 Å². The summed E-state index contributed by atoms with van der Waals surface area (Å²) >= 11 is 5.92. The van der Waals surface area contributed by atoms with Crippen molar-refractivity contribution in [3.05, 3.63) is 29.8 Å². The second kappa shape index (κ2) is 6.81. The van der Waals surface area contributed by atoms with Crippen molar-refractivity contribution in [3.63, 3.8) is 0 Å². The van der Waals surface area contributed by atoms with E-state index in [0.29, 0.717) is 36.7 Å². The zero-order valence-corrected chi connectivity index (χ0v) is 14.1. The van der Waals surface area contributed by atoms with Crippen LogP contribution < -0.4 is 14.4 Å². The fourth-order valence-corrected chi connectivity index (χ4v) is 3.32. The molecule has 2 aromatic heterocycles. The fourth-order valence-electron chi connectivity index (χ4n) is 3.20. The van der Waals surface area contributed by atoms with Crippen LogP contribution in [-0.2, 0) is 0 Å². The first-order valence-corrected chi connectivity index (χ1v) is 8.73. The Morgan fingerprint density at radius 2 is 2.00 bits per heavy atom. The molecule has 0 spiro atoms. The number of hydrogen-bond donors (Lipinski definition) is 0. The zero-order chi connectivity index (χ0) is 16.4. The van der Waals surface area contributed by atoms with E-state index < -0.39 is 0 Å². The molecule has 6 nitrogen and oxygen atoms in total. The first-order valence-electron chi connectivity index (χ1n) is 8.35. The molecule has 0 unspecified atom stereocenters.